The quantitative estimate of drug-likeness (QED) is 0.872. The summed E-state index contributed by atoms with van der Waals surface area (Å²) in [5.74, 6) is 0.945. The molecule has 1 saturated heterocycles. The van der Waals surface area contributed by atoms with Crippen LogP contribution < -0.4 is 10.1 Å². The predicted molar refractivity (Wildman–Crippen MR) is 76.7 cm³/mol. The number of rotatable bonds is 5. The fraction of sp³-hybridized carbons (Fsp3) is 0.600. The lowest BCUT2D eigenvalue weighted by molar-refractivity contribution is -0.0182. The minimum absolute atomic E-state index is 0.304. The summed E-state index contributed by atoms with van der Waals surface area (Å²) in [6, 6.07) is 6.30. The van der Waals surface area contributed by atoms with Gasteiger partial charge >= 0.3 is 0 Å². The highest BCUT2D eigenvalue weighted by Gasteiger charge is 2.16. The highest BCUT2D eigenvalue weighted by molar-refractivity contribution is 5.36. The molecule has 1 aliphatic rings. The molecular formula is C15H24N2O2. The fourth-order valence-electron chi connectivity index (χ4n) is 2.42. The number of hydrogen-bond donors (Lipinski definition) is 1. The SMILES string of the molecule is COc1ccc(CNC[C@@H]2CN(C)CCO2)cc1C. The number of ether oxygens (including phenoxy) is 2. The number of benzene rings is 1. The van der Waals surface area contributed by atoms with Crippen molar-refractivity contribution in [3.8, 4) is 5.75 Å². The average molecular weight is 264 g/mol. The fourth-order valence-corrected chi connectivity index (χ4v) is 2.42. The summed E-state index contributed by atoms with van der Waals surface area (Å²) in [5, 5.41) is 3.46. The Bertz CT molecular complexity index is 409. The lowest BCUT2D eigenvalue weighted by Gasteiger charge is -2.30. The van der Waals surface area contributed by atoms with Gasteiger partial charge in [0.05, 0.1) is 19.8 Å². The van der Waals surface area contributed by atoms with E-state index in [-0.39, 0.29) is 0 Å². The molecule has 0 aromatic heterocycles. The van der Waals surface area contributed by atoms with Gasteiger partial charge in [-0.05, 0) is 31.2 Å². The minimum atomic E-state index is 0.304. The van der Waals surface area contributed by atoms with E-state index in [1.165, 1.54) is 11.1 Å². The smallest absolute Gasteiger partial charge is 0.121 e. The molecule has 1 aromatic carbocycles. The summed E-state index contributed by atoms with van der Waals surface area (Å²) in [4.78, 5) is 2.31. The molecule has 1 fully saturated rings. The number of morpholine rings is 1. The summed E-state index contributed by atoms with van der Waals surface area (Å²) >= 11 is 0. The topological polar surface area (TPSA) is 33.7 Å². The lowest BCUT2D eigenvalue weighted by atomic mass is 10.1. The molecule has 106 valence electrons. The first-order chi connectivity index (χ1) is 9.19. The van der Waals surface area contributed by atoms with Gasteiger partial charge in [0.15, 0.2) is 0 Å². The Balaban J connectivity index is 1.77. The van der Waals surface area contributed by atoms with E-state index in [4.69, 9.17) is 9.47 Å². The molecular weight excluding hydrogens is 240 g/mol. The highest BCUT2D eigenvalue weighted by atomic mass is 16.5. The molecule has 2 rings (SSSR count). The van der Waals surface area contributed by atoms with Crippen molar-refractivity contribution < 1.29 is 9.47 Å². The van der Waals surface area contributed by atoms with E-state index in [9.17, 15) is 0 Å². The van der Waals surface area contributed by atoms with Crippen LogP contribution >= 0.6 is 0 Å². The standard InChI is InChI=1S/C15H24N2O2/c1-12-8-13(4-5-15(12)18-3)9-16-10-14-11-17(2)6-7-19-14/h4-5,8,14,16H,6-7,9-11H2,1-3H3/t14-/m1/s1. The molecule has 1 atom stereocenters. The Morgan fingerprint density at radius 3 is 3.00 bits per heavy atom. The van der Waals surface area contributed by atoms with E-state index in [2.05, 4.69) is 36.3 Å². The third kappa shape index (κ3) is 4.20. The summed E-state index contributed by atoms with van der Waals surface area (Å²) in [7, 11) is 3.85. The van der Waals surface area contributed by atoms with E-state index >= 15 is 0 Å². The second kappa shape index (κ2) is 6.89. The number of aryl methyl sites for hydroxylation is 1. The Morgan fingerprint density at radius 1 is 1.47 bits per heavy atom. The van der Waals surface area contributed by atoms with Crippen LogP contribution in [-0.2, 0) is 11.3 Å². The molecule has 1 heterocycles. The lowest BCUT2D eigenvalue weighted by Crippen LogP contribution is -2.44. The van der Waals surface area contributed by atoms with Crippen molar-refractivity contribution in [3.05, 3.63) is 29.3 Å². The van der Waals surface area contributed by atoms with Crippen molar-refractivity contribution in [2.24, 2.45) is 0 Å². The Labute approximate surface area is 115 Å². The van der Waals surface area contributed by atoms with Crippen LogP contribution in [0.25, 0.3) is 0 Å². The molecule has 0 saturated carbocycles. The molecule has 1 aromatic rings. The normalized spacial score (nSPS) is 20.5. The van der Waals surface area contributed by atoms with Crippen LogP contribution in [0.2, 0.25) is 0 Å². The van der Waals surface area contributed by atoms with Gasteiger partial charge in [-0.2, -0.15) is 0 Å². The molecule has 0 unspecified atom stereocenters. The van der Waals surface area contributed by atoms with Gasteiger partial charge in [-0.3, -0.25) is 0 Å². The molecule has 0 amide bonds. The van der Waals surface area contributed by atoms with Crippen LogP contribution in [0.15, 0.2) is 18.2 Å². The van der Waals surface area contributed by atoms with Gasteiger partial charge in [-0.25, -0.2) is 0 Å². The summed E-state index contributed by atoms with van der Waals surface area (Å²) < 4.78 is 11.0. The average Bonchev–Trinajstić information content (AvgIpc) is 2.39. The van der Waals surface area contributed by atoms with Crippen molar-refractivity contribution in [2.75, 3.05) is 40.4 Å². The second-order valence-corrected chi connectivity index (χ2v) is 5.19. The monoisotopic (exact) mass is 264 g/mol. The summed E-state index contributed by atoms with van der Waals surface area (Å²) in [6.07, 6.45) is 0.304. The summed E-state index contributed by atoms with van der Waals surface area (Å²) in [5.41, 5.74) is 2.46. The van der Waals surface area contributed by atoms with Crippen LogP contribution in [0.4, 0.5) is 0 Å². The predicted octanol–water partition coefficient (Wildman–Crippen LogP) is 1.42. The minimum Gasteiger partial charge on any atom is -0.496 e. The van der Waals surface area contributed by atoms with Gasteiger partial charge < -0.3 is 19.7 Å². The van der Waals surface area contributed by atoms with Gasteiger partial charge in [-0.1, -0.05) is 12.1 Å². The molecule has 1 N–H and O–H groups in total. The van der Waals surface area contributed by atoms with E-state index in [1.807, 2.05) is 6.07 Å². The molecule has 0 spiro atoms. The molecule has 1 aliphatic heterocycles. The number of likely N-dealkylation sites (N-methyl/N-ethyl adjacent to an activating group) is 1. The number of methoxy groups -OCH3 is 1. The van der Waals surface area contributed by atoms with Gasteiger partial charge in [0, 0.05) is 26.2 Å². The van der Waals surface area contributed by atoms with Crippen molar-refractivity contribution in [3.63, 3.8) is 0 Å². The molecule has 0 bridgehead atoms. The zero-order valence-electron chi connectivity index (χ0n) is 12.1. The van der Waals surface area contributed by atoms with Gasteiger partial charge in [0.2, 0.25) is 0 Å². The van der Waals surface area contributed by atoms with Crippen LogP contribution in [0, 0.1) is 6.92 Å². The number of nitrogens with zero attached hydrogens (tertiary/aromatic N) is 1. The first-order valence-electron chi connectivity index (χ1n) is 6.83. The van der Waals surface area contributed by atoms with Crippen molar-refractivity contribution in [1.29, 1.82) is 0 Å². The highest BCUT2D eigenvalue weighted by Crippen LogP contribution is 2.18. The maximum absolute atomic E-state index is 5.72. The Morgan fingerprint density at radius 2 is 2.32 bits per heavy atom. The van der Waals surface area contributed by atoms with E-state index < -0.39 is 0 Å². The van der Waals surface area contributed by atoms with Crippen molar-refractivity contribution in [2.45, 2.75) is 19.6 Å². The van der Waals surface area contributed by atoms with Crippen LogP contribution in [0.3, 0.4) is 0 Å². The first kappa shape index (κ1) is 14.3. The van der Waals surface area contributed by atoms with E-state index in [0.717, 1.165) is 38.5 Å². The zero-order chi connectivity index (χ0) is 13.7. The summed E-state index contributed by atoms with van der Waals surface area (Å²) in [6.45, 7) is 6.72. The van der Waals surface area contributed by atoms with Crippen LogP contribution in [-0.4, -0.2) is 51.4 Å². The third-order valence-corrected chi connectivity index (χ3v) is 3.50. The molecule has 4 heteroatoms. The van der Waals surface area contributed by atoms with Crippen molar-refractivity contribution >= 4 is 0 Å². The number of nitrogens with one attached hydrogen (secondary N) is 1. The maximum Gasteiger partial charge on any atom is 0.121 e. The van der Waals surface area contributed by atoms with Crippen LogP contribution in [0.1, 0.15) is 11.1 Å². The molecule has 4 nitrogen and oxygen atoms in total. The van der Waals surface area contributed by atoms with E-state index in [1.54, 1.807) is 7.11 Å². The number of hydrogen-bond acceptors (Lipinski definition) is 4. The van der Waals surface area contributed by atoms with Gasteiger partial charge in [0.1, 0.15) is 5.75 Å². The molecule has 0 aliphatic carbocycles. The molecule has 19 heavy (non-hydrogen) atoms. The largest absolute Gasteiger partial charge is 0.496 e. The first-order valence-corrected chi connectivity index (χ1v) is 6.83. The second-order valence-electron chi connectivity index (χ2n) is 5.19. The van der Waals surface area contributed by atoms with Crippen molar-refractivity contribution in [1.82, 2.24) is 10.2 Å². The third-order valence-electron chi connectivity index (χ3n) is 3.50. The maximum atomic E-state index is 5.72. The Kier molecular flexibility index (Phi) is 5.19. The molecule has 0 radical (unpaired) electrons. The van der Waals surface area contributed by atoms with Gasteiger partial charge in [0.25, 0.3) is 0 Å². The van der Waals surface area contributed by atoms with Crippen LogP contribution in [0.5, 0.6) is 5.75 Å². The van der Waals surface area contributed by atoms with E-state index in [0.29, 0.717) is 6.10 Å². The zero-order valence-corrected chi connectivity index (χ0v) is 12.1. The van der Waals surface area contributed by atoms with Gasteiger partial charge in [-0.15, -0.1) is 0 Å². The Hall–Kier alpha value is -1.10.